The first-order valence-corrected chi connectivity index (χ1v) is 10.8. The summed E-state index contributed by atoms with van der Waals surface area (Å²) in [4.78, 5) is 0.581. The van der Waals surface area contributed by atoms with Crippen molar-refractivity contribution in [1.29, 1.82) is 0 Å². The van der Waals surface area contributed by atoms with Crippen molar-refractivity contribution in [3.05, 3.63) is 40.3 Å². The van der Waals surface area contributed by atoms with E-state index >= 15 is 0 Å². The maximum absolute atomic E-state index is 13.1. The SMILES string of the molecule is O=S(=O)(NC12CC3CC(CC(C3)C1)C2)C1=Cc2ccccc2CC1. The monoisotopic (exact) mass is 343 g/mol. The quantitative estimate of drug-likeness (QED) is 0.906. The van der Waals surface area contributed by atoms with Crippen molar-refractivity contribution in [3.8, 4) is 0 Å². The first kappa shape index (κ1) is 15.2. The summed E-state index contributed by atoms with van der Waals surface area (Å²) in [6.07, 6.45) is 10.5. The second-order valence-electron chi connectivity index (χ2n) is 8.61. The molecule has 4 heteroatoms. The summed E-state index contributed by atoms with van der Waals surface area (Å²) in [6, 6.07) is 8.13. The van der Waals surface area contributed by atoms with Gasteiger partial charge in [-0.2, -0.15) is 0 Å². The van der Waals surface area contributed by atoms with Crippen LogP contribution in [0, 0.1) is 17.8 Å². The number of allylic oxidation sites excluding steroid dienone is 1. The minimum atomic E-state index is -3.38. The zero-order valence-electron chi connectivity index (χ0n) is 14.0. The average Bonchev–Trinajstić information content (AvgIpc) is 2.52. The molecule has 0 atom stereocenters. The molecular formula is C20H25NO2S. The van der Waals surface area contributed by atoms with Gasteiger partial charge in [-0.25, -0.2) is 13.1 Å². The second-order valence-corrected chi connectivity index (χ2v) is 10.3. The van der Waals surface area contributed by atoms with E-state index in [0.717, 1.165) is 49.0 Å². The van der Waals surface area contributed by atoms with Gasteiger partial charge in [0.15, 0.2) is 0 Å². The minimum Gasteiger partial charge on any atom is -0.207 e. The molecule has 128 valence electrons. The Morgan fingerprint density at radius 2 is 1.54 bits per heavy atom. The first-order valence-electron chi connectivity index (χ1n) is 9.34. The Morgan fingerprint density at radius 3 is 2.21 bits per heavy atom. The summed E-state index contributed by atoms with van der Waals surface area (Å²) >= 11 is 0. The lowest BCUT2D eigenvalue weighted by atomic mass is 9.53. The standard InChI is InChI=1S/C20H25NO2S/c22-24(23,19-6-5-17-3-1-2-4-18(17)10-19)21-20-11-14-7-15(12-20)9-16(8-14)13-20/h1-4,10,14-16,21H,5-9,11-13H2. The van der Waals surface area contributed by atoms with Gasteiger partial charge in [-0.05, 0) is 86.3 Å². The van der Waals surface area contributed by atoms with Crippen LogP contribution in [0.2, 0.25) is 0 Å². The van der Waals surface area contributed by atoms with E-state index < -0.39 is 10.0 Å². The summed E-state index contributed by atoms with van der Waals surface area (Å²) in [7, 11) is -3.38. The molecule has 5 aliphatic carbocycles. The van der Waals surface area contributed by atoms with Crippen LogP contribution in [0.5, 0.6) is 0 Å². The third kappa shape index (κ3) is 2.46. The van der Waals surface area contributed by atoms with Crippen LogP contribution in [0.1, 0.15) is 56.1 Å². The van der Waals surface area contributed by atoms with Gasteiger partial charge in [0.1, 0.15) is 0 Å². The Bertz CT molecular complexity index is 773. The van der Waals surface area contributed by atoms with E-state index in [1.807, 2.05) is 24.3 Å². The average molecular weight is 343 g/mol. The molecule has 4 bridgehead atoms. The molecule has 24 heavy (non-hydrogen) atoms. The van der Waals surface area contributed by atoms with E-state index in [2.05, 4.69) is 10.8 Å². The Labute approximate surface area is 144 Å². The third-order valence-electron chi connectivity index (χ3n) is 6.75. The lowest BCUT2D eigenvalue weighted by Gasteiger charge is -2.56. The number of nitrogens with one attached hydrogen (secondary N) is 1. The molecule has 1 aromatic carbocycles. The number of hydrogen-bond donors (Lipinski definition) is 1. The predicted molar refractivity (Wildman–Crippen MR) is 95.7 cm³/mol. The molecule has 1 aromatic rings. The number of sulfonamides is 1. The number of fused-ring (bicyclic) bond motifs is 1. The molecule has 0 radical (unpaired) electrons. The third-order valence-corrected chi connectivity index (χ3v) is 8.46. The number of aryl methyl sites for hydroxylation is 1. The van der Waals surface area contributed by atoms with Gasteiger partial charge in [-0.1, -0.05) is 24.3 Å². The van der Waals surface area contributed by atoms with Crippen molar-refractivity contribution in [2.45, 2.75) is 56.9 Å². The van der Waals surface area contributed by atoms with Crippen LogP contribution in [0.25, 0.3) is 6.08 Å². The highest BCUT2D eigenvalue weighted by molar-refractivity contribution is 7.93. The first-order chi connectivity index (χ1) is 11.5. The van der Waals surface area contributed by atoms with Crippen molar-refractivity contribution in [3.63, 3.8) is 0 Å². The van der Waals surface area contributed by atoms with E-state index in [4.69, 9.17) is 0 Å². The molecule has 6 rings (SSSR count). The highest BCUT2D eigenvalue weighted by Crippen LogP contribution is 2.56. The Balaban J connectivity index is 1.44. The van der Waals surface area contributed by atoms with Gasteiger partial charge in [-0.15, -0.1) is 0 Å². The molecular weight excluding hydrogens is 318 g/mol. The summed E-state index contributed by atoms with van der Waals surface area (Å²) < 4.78 is 29.4. The van der Waals surface area contributed by atoms with Crippen LogP contribution in [0.3, 0.4) is 0 Å². The topological polar surface area (TPSA) is 46.2 Å². The van der Waals surface area contributed by atoms with Gasteiger partial charge in [0.2, 0.25) is 10.0 Å². The molecule has 0 heterocycles. The molecule has 0 aliphatic heterocycles. The highest BCUT2D eigenvalue weighted by Gasteiger charge is 2.52. The zero-order chi connectivity index (χ0) is 16.4. The fourth-order valence-electron chi connectivity index (χ4n) is 6.20. The molecule has 0 unspecified atom stereocenters. The molecule has 0 aromatic heterocycles. The van der Waals surface area contributed by atoms with Crippen LogP contribution >= 0.6 is 0 Å². The highest BCUT2D eigenvalue weighted by atomic mass is 32.2. The molecule has 4 saturated carbocycles. The predicted octanol–water partition coefficient (Wildman–Crippen LogP) is 3.86. The van der Waals surface area contributed by atoms with E-state index in [0.29, 0.717) is 11.3 Å². The normalized spacial score (nSPS) is 37.2. The summed E-state index contributed by atoms with van der Waals surface area (Å²) in [5.41, 5.74) is 2.17. The Morgan fingerprint density at radius 1 is 0.917 bits per heavy atom. The molecule has 0 saturated heterocycles. The lowest BCUT2D eigenvalue weighted by molar-refractivity contribution is -0.00799. The Kier molecular flexibility index (Phi) is 3.27. The van der Waals surface area contributed by atoms with Crippen molar-refractivity contribution < 1.29 is 8.42 Å². The minimum absolute atomic E-state index is 0.147. The van der Waals surface area contributed by atoms with Crippen molar-refractivity contribution in [2.75, 3.05) is 0 Å². The van der Waals surface area contributed by atoms with Crippen molar-refractivity contribution in [1.82, 2.24) is 4.72 Å². The van der Waals surface area contributed by atoms with E-state index in [1.54, 1.807) is 0 Å². The van der Waals surface area contributed by atoms with Crippen LogP contribution in [0.15, 0.2) is 29.2 Å². The largest absolute Gasteiger partial charge is 0.237 e. The fraction of sp³-hybridized carbons (Fsp3) is 0.600. The Hall–Kier alpha value is -1.13. The molecule has 5 aliphatic rings. The van der Waals surface area contributed by atoms with E-state index in [1.165, 1.54) is 24.8 Å². The van der Waals surface area contributed by atoms with Gasteiger partial charge in [0, 0.05) is 5.54 Å². The number of hydrogen-bond acceptors (Lipinski definition) is 2. The number of rotatable bonds is 3. The molecule has 3 nitrogen and oxygen atoms in total. The molecule has 4 fully saturated rings. The summed E-state index contributed by atoms with van der Waals surface area (Å²) in [5, 5.41) is 0. The summed E-state index contributed by atoms with van der Waals surface area (Å²) in [5.74, 6) is 2.25. The zero-order valence-corrected chi connectivity index (χ0v) is 14.8. The van der Waals surface area contributed by atoms with Gasteiger partial charge in [0.25, 0.3) is 0 Å². The van der Waals surface area contributed by atoms with Crippen molar-refractivity contribution >= 4 is 16.1 Å². The van der Waals surface area contributed by atoms with Crippen LogP contribution in [-0.2, 0) is 16.4 Å². The fourth-order valence-corrected chi connectivity index (χ4v) is 7.81. The molecule has 0 amide bonds. The molecule has 0 spiro atoms. The van der Waals surface area contributed by atoms with Crippen LogP contribution in [-0.4, -0.2) is 14.0 Å². The maximum Gasteiger partial charge on any atom is 0.237 e. The van der Waals surface area contributed by atoms with Crippen molar-refractivity contribution in [2.24, 2.45) is 17.8 Å². The second kappa shape index (κ2) is 5.18. The van der Waals surface area contributed by atoms with Crippen LogP contribution < -0.4 is 4.72 Å². The van der Waals surface area contributed by atoms with E-state index in [-0.39, 0.29) is 5.54 Å². The summed E-state index contributed by atoms with van der Waals surface area (Å²) in [6.45, 7) is 0. The maximum atomic E-state index is 13.1. The van der Waals surface area contributed by atoms with Gasteiger partial charge in [-0.3, -0.25) is 0 Å². The van der Waals surface area contributed by atoms with Gasteiger partial charge < -0.3 is 0 Å². The number of benzene rings is 1. The van der Waals surface area contributed by atoms with Gasteiger partial charge in [0.05, 0.1) is 4.91 Å². The smallest absolute Gasteiger partial charge is 0.207 e. The van der Waals surface area contributed by atoms with E-state index in [9.17, 15) is 8.42 Å². The van der Waals surface area contributed by atoms with Crippen LogP contribution in [0.4, 0.5) is 0 Å². The van der Waals surface area contributed by atoms with Gasteiger partial charge >= 0.3 is 0 Å². The molecule has 1 N–H and O–H groups in total. The lowest BCUT2D eigenvalue weighted by Crippen LogP contribution is -2.59.